The van der Waals surface area contributed by atoms with Crippen molar-refractivity contribution in [1.82, 2.24) is 9.80 Å². The summed E-state index contributed by atoms with van der Waals surface area (Å²) in [7, 11) is 3.85. The molecule has 1 atom stereocenters. The van der Waals surface area contributed by atoms with Crippen molar-refractivity contribution in [3.63, 3.8) is 0 Å². The summed E-state index contributed by atoms with van der Waals surface area (Å²) < 4.78 is 0. The molecule has 2 aromatic carbocycles. The third-order valence-electron chi connectivity index (χ3n) is 5.59. The number of ketones is 1. The highest BCUT2D eigenvalue weighted by atomic mass is 16.3. The van der Waals surface area contributed by atoms with Gasteiger partial charge < -0.3 is 14.9 Å². The lowest BCUT2D eigenvalue weighted by atomic mass is 9.92. The largest absolute Gasteiger partial charge is 0.507 e. The van der Waals surface area contributed by atoms with Crippen molar-refractivity contribution in [2.75, 3.05) is 27.2 Å². The Morgan fingerprint density at radius 2 is 1.69 bits per heavy atom. The van der Waals surface area contributed by atoms with Gasteiger partial charge in [-0.25, -0.2) is 0 Å². The van der Waals surface area contributed by atoms with Gasteiger partial charge in [0, 0.05) is 18.7 Å². The maximum absolute atomic E-state index is 13.0. The summed E-state index contributed by atoms with van der Waals surface area (Å²) in [6.07, 6.45) is 0. The van der Waals surface area contributed by atoms with Crippen LogP contribution in [0.2, 0.25) is 0 Å². The van der Waals surface area contributed by atoms with Crippen LogP contribution in [0.3, 0.4) is 0 Å². The van der Waals surface area contributed by atoms with Crippen LogP contribution in [0.25, 0.3) is 5.76 Å². The maximum Gasteiger partial charge on any atom is 0.295 e. The molecule has 1 aliphatic rings. The monoisotopic (exact) mass is 392 g/mol. The van der Waals surface area contributed by atoms with Gasteiger partial charge in [0.25, 0.3) is 11.7 Å². The summed E-state index contributed by atoms with van der Waals surface area (Å²) in [6, 6.07) is 12.7. The predicted octanol–water partition coefficient (Wildman–Crippen LogP) is 3.60. The second kappa shape index (κ2) is 8.21. The molecule has 0 saturated carbocycles. The van der Waals surface area contributed by atoms with Gasteiger partial charge in [-0.1, -0.05) is 36.4 Å². The topological polar surface area (TPSA) is 60.9 Å². The second-order valence-corrected chi connectivity index (χ2v) is 7.95. The molecule has 1 aliphatic heterocycles. The predicted molar refractivity (Wildman–Crippen MR) is 115 cm³/mol. The summed E-state index contributed by atoms with van der Waals surface area (Å²) in [4.78, 5) is 29.4. The number of likely N-dealkylation sites (tertiary alicyclic amines) is 1. The minimum absolute atomic E-state index is 0.118. The van der Waals surface area contributed by atoms with E-state index in [1.54, 1.807) is 11.0 Å². The lowest BCUT2D eigenvalue weighted by molar-refractivity contribution is -0.140. The standard InChI is InChI=1S/C24H28N2O3/c1-15-10-11-18(14-17(15)3)22(27)20-21(19-9-7-6-8-16(19)2)26(13-12-25(4)5)24(29)23(20)28/h6-11,14,21,27H,12-13H2,1-5H3/b22-20+. The minimum atomic E-state index is -0.632. The van der Waals surface area contributed by atoms with Gasteiger partial charge in [-0.2, -0.15) is 0 Å². The fourth-order valence-electron chi connectivity index (χ4n) is 3.68. The first kappa shape index (κ1) is 20.8. The van der Waals surface area contributed by atoms with E-state index in [0.717, 1.165) is 22.3 Å². The van der Waals surface area contributed by atoms with Crippen LogP contribution in [-0.4, -0.2) is 53.8 Å². The first-order valence-corrected chi connectivity index (χ1v) is 9.78. The van der Waals surface area contributed by atoms with E-state index in [-0.39, 0.29) is 11.3 Å². The quantitative estimate of drug-likeness (QED) is 0.480. The third-order valence-corrected chi connectivity index (χ3v) is 5.59. The van der Waals surface area contributed by atoms with Crippen LogP contribution in [-0.2, 0) is 9.59 Å². The average molecular weight is 392 g/mol. The minimum Gasteiger partial charge on any atom is -0.507 e. The summed E-state index contributed by atoms with van der Waals surface area (Å²) in [6.45, 7) is 6.93. The number of aryl methyl sites for hydroxylation is 3. The molecule has 3 rings (SSSR count). The Labute approximate surface area is 172 Å². The van der Waals surface area contributed by atoms with Crippen molar-refractivity contribution in [3.8, 4) is 0 Å². The average Bonchev–Trinajstić information content (AvgIpc) is 2.92. The summed E-state index contributed by atoms with van der Waals surface area (Å²) in [5.74, 6) is -1.31. The van der Waals surface area contributed by atoms with Crippen molar-refractivity contribution in [2.45, 2.75) is 26.8 Å². The number of nitrogens with zero attached hydrogens (tertiary/aromatic N) is 2. The highest BCUT2D eigenvalue weighted by Crippen LogP contribution is 2.40. The van der Waals surface area contributed by atoms with E-state index < -0.39 is 17.7 Å². The normalized spacial score (nSPS) is 18.7. The van der Waals surface area contributed by atoms with E-state index in [1.807, 2.05) is 76.2 Å². The zero-order valence-electron chi connectivity index (χ0n) is 17.7. The number of amides is 1. The molecule has 0 radical (unpaired) electrons. The Bertz CT molecular complexity index is 991. The van der Waals surface area contributed by atoms with Crippen LogP contribution in [0.15, 0.2) is 48.0 Å². The number of Topliss-reactive ketones (excluding diaryl/α,β-unsaturated/α-hetero) is 1. The van der Waals surface area contributed by atoms with E-state index in [9.17, 15) is 14.7 Å². The first-order chi connectivity index (χ1) is 13.7. The smallest absolute Gasteiger partial charge is 0.295 e. The van der Waals surface area contributed by atoms with Gasteiger partial charge in [0.1, 0.15) is 5.76 Å². The van der Waals surface area contributed by atoms with Crippen LogP contribution in [0, 0.1) is 20.8 Å². The molecule has 0 aromatic heterocycles. The molecule has 29 heavy (non-hydrogen) atoms. The van der Waals surface area contributed by atoms with E-state index in [0.29, 0.717) is 18.7 Å². The van der Waals surface area contributed by atoms with Gasteiger partial charge in [0.05, 0.1) is 11.6 Å². The number of carbonyl (C=O) groups excluding carboxylic acids is 2. The lowest BCUT2D eigenvalue weighted by Crippen LogP contribution is -2.35. The van der Waals surface area contributed by atoms with Crippen LogP contribution in [0.5, 0.6) is 0 Å². The van der Waals surface area contributed by atoms with Crippen molar-refractivity contribution in [1.29, 1.82) is 0 Å². The first-order valence-electron chi connectivity index (χ1n) is 9.78. The van der Waals surface area contributed by atoms with Crippen LogP contribution >= 0.6 is 0 Å². The number of benzene rings is 2. The molecule has 1 fully saturated rings. The SMILES string of the molecule is Cc1ccc(/C(O)=C2\C(=O)C(=O)N(CCN(C)C)C2c2ccccc2C)cc1C. The molecule has 1 heterocycles. The molecule has 1 unspecified atom stereocenters. The summed E-state index contributed by atoms with van der Waals surface area (Å²) in [5, 5.41) is 11.1. The van der Waals surface area contributed by atoms with Crippen molar-refractivity contribution in [2.24, 2.45) is 0 Å². The fraction of sp³-hybridized carbons (Fsp3) is 0.333. The molecule has 1 amide bonds. The Kier molecular flexibility index (Phi) is 5.89. The summed E-state index contributed by atoms with van der Waals surface area (Å²) in [5.41, 5.74) is 4.66. The number of likely N-dealkylation sites (N-methyl/N-ethyl adjacent to an activating group) is 1. The zero-order valence-corrected chi connectivity index (χ0v) is 17.7. The Hall–Kier alpha value is -2.92. The zero-order chi connectivity index (χ0) is 21.3. The number of aliphatic hydroxyl groups is 1. The molecule has 0 bridgehead atoms. The number of carbonyl (C=O) groups is 2. The molecule has 152 valence electrons. The van der Waals surface area contributed by atoms with Crippen molar-refractivity contribution in [3.05, 3.63) is 75.9 Å². The van der Waals surface area contributed by atoms with Crippen molar-refractivity contribution >= 4 is 17.4 Å². The highest BCUT2D eigenvalue weighted by Gasteiger charge is 2.46. The van der Waals surface area contributed by atoms with Gasteiger partial charge in [-0.3, -0.25) is 9.59 Å². The number of hydrogen-bond acceptors (Lipinski definition) is 4. The summed E-state index contributed by atoms with van der Waals surface area (Å²) >= 11 is 0. The molecule has 1 N–H and O–H groups in total. The van der Waals surface area contributed by atoms with E-state index >= 15 is 0 Å². The second-order valence-electron chi connectivity index (χ2n) is 7.95. The highest BCUT2D eigenvalue weighted by molar-refractivity contribution is 6.46. The molecule has 2 aromatic rings. The molecule has 5 nitrogen and oxygen atoms in total. The molecule has 0 aliphatic carbocycles. The van der Waals surface area contributed by atoms with E-state index in [2.05, 4.69) is 0 Å². The van der Waals surface area contributed by atoms with Gasteiger partial charge in [0.15, 0.2) is 0 Å². The molecule has 0 spiro atoms. The van der Waals surface area contributed by atoms with Gasteiger partial charge in [0.2, 0.25) is 0 Å². The molecular weight excluding hydrogens is 364 g/mol. The number of hydrogen-bond donors (Lipinski definition) is 1. The number of rotatable bonds is 5. The van der Waals surface area contributed by atoms with Crippen LogP contribution in [0.1, 0.15) is 33.9 Å². The van der Waals surface area contributed by atoms with Crippen LogP contribution in [0.4, 0.5) is 0 Å². The Balaban J connectivity index is 2.19. The Morgan fingerprint density at radius 1 is 1.00 bits per heavy atom. The van der Waals surface area contributed by atoms with E-state index in [1.165, 1.54) is 0 Å². The molecule has 1 saturated heterocycles. The Morgan fingerprint density at radius 3 is 2.31 bits per heavy atom. The third kappa shape index (κ3) is 3.96. The van der Waals surface area contributed by atoms with Gasteiger partial charge >= 0.3 is 0 Å². The van der Waals surface area contributed by atoms with Gasteiger partial charge in [-0.15, -0.1) is 0 Å². The van der Waals surface area contributed by atoms with E-state index in [4.69, 9.17) is 0 Å². The molecular formula is C24H28N2O3. The van der Waals surface area contributed by atoms with Gasteiger partial charge in [-0.05, 0) is 63.2 Å². The molecule has 5 heteroatoms. The lowest BCUT2D eigenvalue weighted by Gasteiger charge is -2.27. The number of aliphatic hydroxyl groups excluding tert-OH is 1. The fourth-order valence-corrected chi connectivity index (χ4v) is 3.68. The van der Waals surface area contributed by atoms with Crippen molar-refractivity contribution < 1.29 is 14.7 Å². The van der Waals surface area contributed by atoms with Crippen LogP contribution < -0.4 is 0 Å². The maximum atomic E-state index is 13.0.